The Hall–Kier alpha value is -0.0800. The number of hydrogen-bond acceptors (Lipinski definition) is 2. The molecule has 2 nitrogen and oxygen atoms in total. The lowest BCUT2D eigenvalue weighted by Crippen LogP contribution is -2.46. The molecule has 1 aliphatic heterocycles. The lowest BCUT2D eigenvalue weighted by molar-refractivity contribution is 0.141. The molecule has 2 fully saturated rings. The van der Waals surface area contributed by atoms with Crippen molar-refractivity contribution in [3.05, 3.63) is 0 Å². The second-order valence-corrected chi connectivity index (χ2v) is 5.07. The van der Waals surface area contributed by atoms with Crippen LogP contribution in [0.4, 0.5) is 0 Å². The summed E-state index contributed by atoms with van der Waals surface area (Å²) in [7, 11) is 2.12. The van der Waals surface area contributed by atoms with Crippen molar-refractivity contribution in [2.24, 2.45) is 5.92 Å². The zero-order chi connectivity index (χ0) is 9.97. The number of likely N-dealkylation sites (tertiary alicyclic amines) is 1. The Kier molecular flexibility index (Phi) is 3.45. The van der Waals surface area contributed by atoms with E-state index in [0.717, 1.165) is 18.0 Å². The second-order valence-electron chi connectivity index (χ2n) is 5.07. The van der Waals surface area contributed by atoms with Crippen molar-refractivity contribution >= 4 is 0 Å². The highest BCUT2D eigenvalue weighted by molar-refractivity contribution is 4.89. The summed E-state index contributed by atoms with van der Waals surface area (Å²) in [6, 6.07) is 1.58. The van der Waals surface area contributed by atoms with Crippen molar-refractivity contribution in [2.75, 3.05) is 20.1 Å². The van der Waals surface area contributed by atoms with Crippen LogP contribution in [0, 0.1) is 5.92 Å². The minimum absolute atomic E-state index is 0.760. The average molecular weight is 196 g/mol. The molecular formula is C12H24N2. The first-order valence-corrected chi connectivity index (χ1v) is 6.22. The fraction of sp³-hybridized carbons (Fsp3) is 1.00. The van der Waals surface area contributed by atoms with Gasteiger partial charge in [-0.25, -0.2) is 0 Å². The van der Waals surface area contributed by atoms with E-state index in [0.29, 0.717) is 0 Å². The number of nitrogens with zero attached hydrogens (tertiary/aromatic N) is 1. The van der Waals surface area contributed by atoms with Crippen LogP contribution in [0.3, 0.4) is 0 Å². The third-order valence-electron chi connectivity index (χ3n) is 3.93. The summed E-state index contributed by atoms with van der Waals surface area (Å²) in [6.07, 6.45) is 7.15. The monoisotopic (exact) mass is 196 g/mol. The molecule has 0 aromatic rings. The number of rotatable bonds is 4. The standard InChI is InChI=1S/C12H24N2/c1-10-5-3-4-8-14(10)9-12(13-2)11-6-7-11/h10-13H,3-9H2,1-2H3. The number of hydrogen-bond donors (Lipinski definition) is 1. The third kappa shape index (κ3) is 2.48. The van der Waals surface area contributed by atoms with Crippen molar-refractivity contribution < 1.29 is 0 Å². The first-order valence-electron chi connectivity index (χ1n) is 6.22. The summed E-state index contributed by atoms with van der Waals surface area (Å²) in [5, 5.41) is 3.49. The van der Waals surface area contributed by atoms with Crippen LogP contribution in [0.5, 0.6) is 0 Å². The Morgan fingerprint density at radius 1 is 1.29 bits per heavy atom. The Bertz CT molecular complexity index is 177. The molecule has 2 unspecified atom stereocenters. The summed E-state index contributed by atoms with van der Waals surface area (Å²) in [4.78, 5) is 2.68. The second kappa shape index (κ2) is 4.63. The van der Waals surface area contributed by atoms with Crippen LogP contribution in [0.2, 0.25) is 0 Å². The maximum absolute atomic E-state index is 3.49. The molecule has 2 heteroatoms. The summed E-state index contributed by atoms with van der Waals surface area (Å²) >= 11 is 0. The molecule has 0 amide bonds. The molecule has 1 aliphatic carbocycles. The zero-order valence-electron chi connectivity index (χ0n) is 9.63. The van der Waals surface area contributed by atoms with Gasteiger partial charge in [0, 0.05) is 18.6 Å². The molecular weight excluding hydrogens is 172 g/mol. The van der Waals surface area contributed by atoms with Gasteiger partial charge >= 0.3 is 0 Å². The quantitative estimate of drug-likeness (QED) is 0.738. The predicted molar refractivity (Wildman–Crippen MR) is 60.5 cm³/mol. The molecule has 2 rings (SSSR count). The van der Waals surface area contributed by atoms with Gasteiger partial charge < -0.3 is 5.32 Å². The summed E-state index contributed by atoms with van der Waals surface area (Å²) in [6.45, 7) is 4.99. The first-order chi connectivity index (χ1) is 6.81. The Balaban J connectivity index is 1.81. The Morgan fingerprint density at radius 3 is 2.64 bits per heavy atom. The number of likely N-dealkylation sites (N-methyl/N-ethyl adjacent to an activating group) is 1. The molecule has 0 spiro atoms. The van der Waals surface area contributed by atoms with Gasteiger partial charge in [0.2, 0.25) is 0 Å². The van der Waals surface area contributed by atoms with E-state index in [-0.39, 0.29) is 0 Å². The maximum Gasteiger partial charge on any atom is 0.0220 e. The topological polar surface area (TPSA) is 15.3 Å². The van der Waals surface area contributed by atoms with Crippen LogP contribution < -0.4 is 5.32 Å². The Morgan fingerprint density at radius 2 is 2.07 bits per heavy atom. The summed E-state index contributed by atoms with van der Waals surface area (Å²) in [5.74, 6) is 0.981. The minimum atomic E-state index is 0.760. The fourth-order valence-corrected chi connectivity index (χ4v) is 2.66. The Labute approximate surface area is 88.1 Å². The van der Waals surface area contributed by atoms with Crippen molar-refractivity contribution in [3.8, 4) is 0 Å². The average Bonchev–Trinajstić information content (AvgIpc) is 3.00. The van der Waals surface area contributed by atoms with Gasteiger partial charge in [-0.2, -0.15) is 0 Å². The van der Waals surface area contributed by atoms with Gasteiger partial charge in [-0.1, -0.05) is 6.42 Å². The predicted octanol–water partition coefficient (Wildman–Crippen LogP) is 1.86. The number of nitrogens with one attached hydrogen (secondary N) is 1. The van der Waals surface area contributed by atoms with Gasteiger partial charge in [0.15, 0.2) is 0 Å². The smallest absolute Gasteiger partial charge is 0.0220 e. The SMILES string of the molecule is CNC(CN1CCCCC1C)C1CC1. The molecule has 1 saturated heterocycles. The van der Waals surface area contributed by atoms with Crippen LogP contribution in [0.25, 0.3) is 0 Å². The molecule has 14 heavy (non-hydrogen) atoms. The third-order valence-corrected chi connectivity index (χ3v) is 3.93. The van der Waals surface area contributed by atoms with Gasteiger partial charge in [0.05, 0.1) is 0 Å². The van der Waals surface area contributed by atoms with E-state index in [1.54, 1.807) is 0 Å². The summed E-state index contributed by atoms with van der Waals surface area (Å²) < 4.78 is 0. The molecule has 1 heterocycles. The molecule has 1 saturated carbocycles. The van der Waals surface area contributed by atoms with Gasteiger partial charge in [-0.05, 0) is 52.1 Å². The van der Waals surface area contributed by atoms with E-state index in [9.17, 15) is 0 Å². The summed E-state index contributed by atoms with van der Waals surface area (Å²) in [5.41, 5.74) is 0. The van der Waals surface area contributed by atoms with Gasteiger partial charge in [-0.3, -0.25) is 4.90 Å². The largest absolute Gasteiger partial charge is 0.315 e. The molecule has 0 radical (unpaired) electrons. The highest BCUT2D eigenvalue weighted by Gasteiger charge is 2.32. The molecule has 0 aromatic heterocycles. The van der Waals surface area contributed by atoms with E-state index in [2.05, 4.69) is 24.2 Å². The van der Waals surface area contributed by atoms with Crippen LogP contribution in [-0.4, -0.2) is 37.1 Å². The van der Waals surface area contributed by atoms with Crippen LogP contribution in [-0.2, 0) is 0 Å². The highest BCUT2D eigenvalue weighted by atomic mass is 15.2. The lowest BCUT2D eigenvalue weighted by Gasteiger charge is -2.36. The minimum Gasteiger partial charge on any atom is -0.315 e. The number of piperidine rings is 1. The molecule has 0 bridgehead atoms. The van der Waals surface area contributed by atoms with Crippen molar-refractivity contribution in [3.63, 3.8) is 0 Å². The maximum atomic E-state index is 3.49. The van der Waals surface area contributed by atoms with Crippen molar-refractivity contribution in [2.45, 2.75) is 51.1 Å². The van der Waals surface area contributed by atoms with Crippen LogP contribution >= 0.6 is 0 Å². The van der Waals surface area contributed by atoms with E-state index in [1.165, 1.54) is 45.2 Å². The fourth-order valence-electron chi connectivity index (χ4n) is 2.66. The van der Waals surface area contributed by atoms with Crippen LogP contribution in [0.15, 0.2) is 0 Å². The van der Waals surface area contributed by atoms with E-state index < -0.39 is 0 Å². The van der Waals surface area contributed by atoms with Crippen molar-refractivity contribution in [1.82, 2.24) is 10.2 Å². The molecule has 2 atom stereocenters. The molecule has 2 aliphatic rings. The van der Waals surface area contributed by atoms with E-state index in [4.69, 9.17) is 0 Å². The van der Waals surface area contributed by atoms with Gasteiger partial charge in [0.1, 0.15) is 0 Å². The van der Waals surface area contributed by atoms with Gasteiger partial charge in [0.25, 0.3) is 0 Å². The van der Waals surface area contributed by atoms with E-state index >= 15 is 0 Å². The zero-order valence-corrected chi connectivity index (χ0v) is 9.63. The normalized spacial score (nSPS) is 31.7. The lowest BCUT2D eigenvalue weighted by atomic mass is 10.0. The van der Waals surface area contributed by atoms with Crippen LogP contribution in [0.1, 0.15) is 39.0 Å². The molecule has 1 N–H and O–H groups in total. The van der Waals surface area contributed by atoms with Crippen molar-refractivity contribution in [1.29, 1.82) is 0 Å². The van der Waals surface area contributed by atoms with Gasteiger partial charge in [-0.15, -0.1) is 0 Å². The molecule has 82 valence electrons. The highest BCUT2D eigenvalue weighted by Crippen LogP contribution is 2.33. The van der Waals surface area contributed by atoms with E-state index in [1.807, 2.05) is 0 Å². The first kappa shape index (κ1) is 10.4. The molecule has 0 aromatic carbocycles.